The van der Waals surface area contributed by atoms with Gasteiger partial charge in [-0.05, 0) is 37.8 Å². The Morgan fingerprint density at radius 1 is 1.45 bits per heavy atom. The number of piperidine rings is 1. The second-order valence-electron chi connectivity index (χ2n) is 6.02. The van der Waals surface area contributed by atoms with Crippen LogP contribution in [0, 0.1) is 5.92 Å². The molecule has 1 fully saturated rings. The molecule has 1 N–H and O–H groups in total. The molecule has 0 bridgehead atoms. The number of nitrogens with zero attached hydrogens (tertiary/aromatic N) is 2. The third-order valence-electron chi connectivity index (χ3n) is 3.82. The van der Waals surface area contributed by atoms with E-state index in [4.69, 9.17) is 9.41 Å². The molecule has 1 aliphatic heterocycles. The highest BCUT2D eigenvalue weighted by Gasteiger charge is 2.18. The van der Waals surface area contributed by atoms with Gasteiger partial charge in [-0.15, -0.1) is 24.0 Å². The van der Waals surface area contributed by atoms with E-state index in [0.717, 1.165) is 49.3 Å². The maximum absolute atomic E-state index is 5.37. The number of nitrogens with one attached hydrogen (secondary N) is 1. The maximum atomic E-state index is 5.37. The molecule has 22 heavy (non-hydrogen) atoms. The molecule has 124 valence electrons. The molecular weight excluding hydrogens is 389 g/mol. The van der Waals surface area contributed by atoms with Crippen LogP contribution in [0.5, 0.6) is 0 Å². The van der Waals surface area contributed by atoms with Gasteiger partial charge in [0.1, 0.15) is 5.76 Å². The zero-order chi connectivity index (χ0) is 15.1. The number of hydrogen-bond donors (Lipinski definition) is 1. The Morgan fingerprint density at radius 2 is 2.18 bits per heavy atom. The van der Waals surface area contributed by atoms with Gasteiger partial charge in [0, 0.05) is 26.1 Å². The Morgan fingerprint density at radius 3 is 2.77 bits per heavy atom. The number of hydrogen-bond acceptors (Lipinski definition) is 2. The van der Waals surface area contributed by atoms with E-state index in [-0.39, 0.29) is 24.0 Å². The zero-order valence-corrected chi connectivity index (χ0v) is 16.0. The van der Waals surface area contributed by atoms with Gasteiger partial charge >= 0.3 is 0 Å². The fourth-order valence-corrected chi connectivity index (χ4v) is 2.45. The number of aliphatic imine (C=N–C) groups is 1. The minimum Gasteiger partial charge on any atom is -0.469 e. The lowest BCUT2D eigenvalue weighted by Crippen LogP contribution is -2.46. The number of furan rings is 1. The van der Waals surface area contributed by atoms with E-state index in [1.807, 2.05) is 19.1 Å². The van der Waals surface area contributed by atoms with E-state index < -0.39 is 0 Å². The highest BCUT2D eigenvalue weighted by Crippen LogP contribution is 2.16. The van der Waals surface area contributed by atoms with Crippen LogP contribution >= 0.6 is 24.0 Å². The van der Waals surface area contributed by atoms with Crippen LogP contribution in [0.1, 0.15) is 32.4 Å². The highest BCUT2D eigenvalue weighted by molar-refractivity contribution is 14.0. The summed E-state index contributed by atoms with van der Waals surface area (Å²) in [6.07, 6.45) is 5.08. The largest absolute Gasteiger partial charge is 0.469 e. The second-order valence-corrected chi connectivity index (χ2v) is 6.02. The molecule has 1 aromatic heterocycles. The molecule has 0 aromatic carbocycles. The van der Waals surface area contributed by atoms with E-state index >= 15 is 0 Å². The van der Waals surface area contributed by atoms with Crippen molar-refractivity contribution in [2.45, 2.75) is 33.1 Å². The molecule has 2 heterocycles. The third kappa shape index (κ3) is 6.42. The summed E-state index contributed by atoms with van der Waals surface area (Å²) in [5.41, 5.74) is 1.09. The summed E-state index contributed by atoms with van der Waals surface area (Å²) in [4.78, 5) is 7.06. The Bertz CT molecular complexity index is 462. The molecule has 1 aliphatic rings. The summed E-state index contributed by atoms with van der Waals surface area (Å²) in [5.74, 6) is 2.84. The van der Waals surface area contributed by atoms with E-state index in [2.05, 4.69) is 23.7 Å². The van der Waals surface area contributed by atoms with Crippen LogP contribution in [-0.4, -0.2) is 37.0 Å². The van der Waals surface area contributed by atoms with Crippen LogP contribution in [0.15, 0.2) is 40.0 Å². The van der Waals surface area contributed by atoms with Crippen molar-refractivity contribution in [3.63, 3.8) is 0 Å². The topological polar surface area (TPSA) is 40.8 Å². The minimum atomic E-state index is 0. The summed E-state index contributed by atoms with van der Waals surface area (Å²) in [7, 11) is 0. The summed E-state index contributed by atoms with van der Waals surface area (Å²) in [5, 5.41) is 3.47. The van der Waals surface area contributed by atoms with Crippen molar-refractivity contribution in [3.8, 4) is 0 Å². The lowest BCUT2D eigenvalue weighted by Gasteiger charge is -2.33. The van der Waals surface area contributed by atoms with Crippen LogP contribution in [0.25, 0.3) is 0 Å². The fourth-order valence-electron chi connectivity index (χ4n) is 2.45. The second kappa shape index (κ2) is 9.92. The minimum absolute atomic E-state index is 0. The van der Waals surface area contributed by atoms with Crippen molar-refractivity contribution in [2.75, 3.05) is 26.2 Å². The summed E-state index contributed by atoms with van der Waals surface area (Å²) in [6.45, 7) is 12.0. The van der Waals surface area contributed by atoms with Gasteiger partial charge in [0.2, 0.25) is 0 Å². The molecule has 0 amide bonds. The Hall–Kier alpha value is -0.980. The van der Waals surface area contributed by atoms with Gasteiger partial charge in [-0.25, -0.2) is 4.99 Å². The van der Waals surface area contributed by atoms with E-state index in [9.17, 15) is 0 Å². The normalized spacial score (nSPS) is 16.3. The third-order valence-corrected chi connectivity index (χ3v) is 3.82. The van der Waals surface area contributed by atoms with E-state index in [0.29, 0.717) is 6.54 Å². The molecule has 0 aliphatic carbocycles. The molecule has 2 rings (SSSR count). The van der Waals surface area contributed by atoms with Crippen LogP contribution in [-0.2, 0) is 6.42 Å². The summed E-state index contributed by atoms with van der Waals surface area (Å²) >= 11 is 0. The SMILES string of the molecule is C=C(C)CN=C(NCCc1ccco1)N1CCC(C)CC1.I. The van der Waals surface area contributed by atoms with E-state index in [1.54, 1.807) is 6.26 Å². The van der Waals surface area contributed by atoms with Gasteiger partial charge in [-0.2, -0.15) is 0 Å². The molecule has 0 unspecified atom stereocenters. The van der Waals surface area contributed by atoms with Gasteiger partial charge < -0.3 is 14.6 Å². The zero-order valence-electron chi connectivity index (χ0n) is 13.7. The predicted octanol–water partition coefficient (Wildman–Crippen LogP) is 3.69. The van der Waals surface area contributed by atoms with Crippen LogP contribution in [0.3, 0.4) is 0 Å². The Balaban J connectivity index is 0.00000242. The van der Waals surface area contributed by atoms with Gasteiger partial charge in [-0.1, -0.05) is 19.1 Å². The predicted molar refractivity (Wildman–Crippen MR) is 103 cm³/mol. The smallest absolute Gasteiger partial charge is 0.194 e. The van der Waals surface area contributed by atoms with E-state index in [1.165, 1.54) is 12.8 Å². The van der Waals surface area contributed by atoms with Gasteiger partial charge in [0.25, 0.3) is 0 Å². The Labute approximate surface area is 151 Å². The van der Waals surface area contributed by atoms with Crippen molar-refractivity contribution >= 4 is 29.9 Å². The summed E-state index contributed by atoms with van der Waals surface area (Å²) in [6, 6.07) is 3.94. The molecular formula is C17H28IN3O. The van der Waals surface area contributed by atoms with Crippen LogP contribution < -0.4 is 5.32 Å². The number of rotatable bonds is 5. The molecule has 0 radical (unpaired) electrons. The standard InChI is InChI=1S/C17H27N3O.HI/c1-14(2)13-19-17(20-10-7-15(3)8-11-20)18-9-6-16-5-4-12-21-16;/h4-5,12,15H,1,6-11,13H2,2-3H3,(H,18,19);1H. The van der Waals surface area contributed by atoms with Crippen LogP contribution in [0.2, 0.25) is 0 Å². The number of halogens is 1. The van der Waals surface area contributed by atoms with Gasteiger partial charge in [0.15, 0.2) is 5.96 Å². The molecule has 4 nitrogen and oxygen atoms in total. The fraction of sp³-hybridized carbons (Fsp3) is 0.588. The van der Waals surface area contributed by atoms with Gasteiger partial charge in [0.05, 0.1) is 12.8 Å². The van der Waals surface area contributed by atoms with Gasteiger partial charge in [-0.3, -0.25) is 0 Å². The first-order valence-corrected chi connectivity index (χ1v) is 7.85. The first-order valence-electron chi connectivity index (χ1n) is 7.85. The number of guanidine groups is 1. The quantitative estimate of drug-likeness (QED) is 0.344. The first-order chi connectivity index (χ1) is 10.1. The lowest BCUT2D eigenvalue weighted by molar-refractivity contribution is 0.273. The van der Waals surface area contributed by atoms with Crippen molar-refractivity contribution in [3.05, 3.63) is 36.3 Å². The average molecular weight is 417 g/mol. The van der Waals surface area contributed by atoms with Crippen molar-refractivity contribution in [1.29, 1.82) is 0 Å². The molecule has 0 atom stereocenters. The molecule has 1 saturated heterocycles. The van der Waals surface area contributed by atoms with Crippen molar-refractivity contribution in [1.82, 2.24) is 10.2 Å². The summed E-state index contributed by atoms with van der Waals surface area (Å²) < 4.78 is 5.37. The average Bonchev–Trinajstić information content (AvgIpc) is 2.97. The first kappa shape index (κ1) is 19.1. The number of likely N-dealkylation sites (tertiary alicyclic amines) is 1. The molecule has 5 heteroatoms. The highest BCUT2D eigenvalue weighted by atomic mass is 127. The van der Waals surface area contributed by atoms with Crippen molar-refractivity contribution < 1.29 is 4.42 Å². The molecule has 0 spiro atoms. The Kier molecular flexibility index (Phi) is 8.60. The lowest BCUT2D eigenvalue weighted by atomic mass is 9.99. The van der Waals surface area contributed by atoms with Crippen LogP contribution in [0.4, 0.5) is 0 Å². The monoisotopic (exact) mass is 417 g/mol. The maximum Gasteiger partial charge on any atom is 0.194 e. The van der Waals surface area contributed by atoms with Crippen molar-refractivity contribution in [2.24, 2.45) is 10.9 Å². The molecule has 0 saturated carbocycles. The molecule has 1 aromatic rings.